The highest BCUT2D eigenvalue weighted by atomic mass is 16.6. The van der Waals surface area contributed by atoms with Gasteiger partial charge in [-0.15, -0.1) is 0 Å². The van der Waals surface area contributed by atoms with Gasteiger partial charge in [0.1, 0.15) is 24.4 Å². The predicted molar refractivity (Wildman–Crippen MR) is 194 cm³/mol. The number of nitrogens with one attached hydrogen (secondary N) is 2. The molecule has 0 spiro atoms. The number of rotatable bonds is 6. The first-order valence-corrected chi connectivity index (χ1v) is 17.1. The lowest BCUT2D eigenvalue weighted by atomic mass is 9.94. The average Bonchev–Trinajstić information content (AvgIpc) is 3.04. The van der Waals surface area contributed by atoms with E-state index in [9.17, 15) is 24.3 Å². The van der Waals surface area contributed by atoms with Crippen LogP contribution in [-0.2, 0) is 32.2 Å². The number of alkyl carbamates (subject to hydrolysis) is 2. The fourth-order valence-electron chi connectivity index (χ4n) is 5.28. The lowest BCUT2D eigenvalue weighted by Gasteiger charge is -2.37. The van der Waals surface area contributed by atoms with Gasteiger partial charge in [0.2, 0.25) is 0 Å². The van der Waals surface area contributed by atoms with Crippen molar-refractivity contribution < 1.29 is 43.2 Å². The number of benzene rings is 2. The van der Waals surface area contributed by atoms with Gasteiger partial charge < -0.3 is 44.5 Å². The summed E-state index contributed by atoms with van der Waals surface area (Å²) in [6, 6.07) is 18.4. The van der Waals surface area contributed by atoms with Crippen LogP contribution in [0, 0.1) is 5.92 Å². The van der Waals surface area contributed by atoms with Crippen LogP contribution in [0.5, 0.6) is 0 Å². The molecular weight excluding hydrogens is 656 g/mol. The van der Waals surface area contributed by atoms with Gasteiger partial charge in [-0.2, -0.15) is 0 Å². The minimum absolute atomic E-state index is 0. The molecule has 0 bridgehead atoms. The Hall–Kier alpha value is -4.52. The highest BCUT2D eigenvalue weighted by Crippen LogP contribution is 2.20. The number of piperidine rings is 2. The van der Waals surface area contributed by atoms with E-state index in [0.29, 0.717) is 32.5 Å². The van der Waals surface area contributed by atoms with Crippen LogP contribution >= 0.6 is 0 Å². The molecule has 0 radical (unpaired) electrons. The fourth-order valence-corrected chi connectivity index (χ4v) is 5.28. The summed E-state index contributed by atoms with van der Waals surface area (Å²) in [6.07, 6.45) is -1.53. The van der Waals surface area contributed by atoms with Crippen LogP contribution in [0.2, 0.25) is 0 Å². The molecule has 0 unspecified atom stereocenters. The van der Waals surface area contributed by atoms with Gasteiger partial charge in [-0.25, -0.2) is 19.2 Å². The number of carbonyl (C=O) groups excluding carboxylic acids is 4. The van der Waals surface area contributed by atoms with E-state index in [1.807, 2.05) is 88.4 Å². The van der Waals surface area contributed by atoms with Crippen molar-refractivity contribution in [2.24, 2.45) is 5.92 Å². The maximum absolute atomic E-state index is 12.1. The van der Waals surface area contributed by atoms with Crippen molar-refractivity contribution in [1.82, 2.24) is 20.4 Å². The molecule has 284 valence electrons. The van der Waals surface area contributed by atoms with Crippen molar-refractivity contribution in [2.75, 3.05) is 26.2 Å². The molecule has 2 saturated heterocycles. The van der Waals surface area contributed by atoms with Crippen LogP contribution in [0.25, 0.3) is 0 Å². The quantitative estimate of drug-likeness (QED) is 0.285. The molecule has 0 aliphatic carbocycles. The second-order valence-electron chi connectivity index (χ2n) is 14.6. The predicted octanol–water partition coefficient (Wildman–Crippen LogP) is 6.48. The minimum atomic E-state index is -0.870. The van der Waals surface area contributed by atoms with Crippen LogP contribution in [0.4, 0.5) is 19.2 Å². The molecule has 51 heavy (non-hydrogen) atoms. The third kappa shape index (κ3) is 15.9. The summed E-state index contributed by atoms with van der Waals surface area (Å²) in [7, 11) is 0. The summed E-state index contributed by atoms with van der Waals surface area (Å²) in [5, 5.41) is 15.8. The molecule has 4 amide bonds. The maximum Gasteiger partial charge on any atom is 0.410 e. The largest absolute Gasteiger partial charge is 0.445 e. The van der Waals surface area contributed by atoms with Crippen molar-refractivity contribution >= 4 is 24.4 Å². The van der Waals surface area contributed by atoms with Crippen molar-refractivity contribution in [1.29, 1.82) is 0 Å². The Balaban J connectivity index is 0.000000347. The molecule has 2 fully saturated rings. The zero-order valence-electron chi connectivity index (χ0n) is 30.3. The minimum Gasteiger partial charge on any atom is -0.445 e. The highest BCUT2D eigenvalue weighted by molar-refractivity contribution is 5.70. The third-order valence-electron chi connectivity index (χ3n) is 7.82. The lowest BCUT2D eigenvalue weighted by molar-refractivity contribution is -0.00479. The molecule has 4 atom stereocenters. The molecule has 2 aromatic rings. The van der Waals surface area contributed by atoms with Gasteiger partial charge in [-0.1, -0.05) is 75.0 Å². The van der Waals surface area contributed by atoms with Crippen LogP contribution in [-0.4, -0.2) is 94.8 Å². The van der Waals surface area contributed by atoms with Crippen molar-refractivity contribution in [2.45, 2.75) is 111 Å². The van der Waals surface area contributed by atoms with Gasteiger partial charge in [-0.05, 0) is 71.4 Å². The van der Waals surface area contributed by atoms with E-state index in [-0.39, 0.29) is 45.2 Å². The van der Waals surface area contributed by atoms with Crippen molar-refractivity contribution in [3.05, 3.63) is 71.8 Å². The van der Waals surface area contributed by atoms with Crippen LogP contribution in [0.3, 0.4) is 0 Å². The van der Waals surface area contributed by atoms with Crippen molar-refractivity contribution in [3.8, 4) is 0 Å². The normalized spacial score (nSPS) is 20.3. The molecule has 0 aromatic heterocycles. The number of ether oxygens (including phenoxy) is 4. The molecule has 13 nitrogen and oxygen atoms in total. The second kappa shape index (κ2) is 19.8. The number of hydrogen-bond acceptors (Lipinski definition) is 9. The first-order chi connectivity index (χ1) is 23.5. The smallest absolute Gasteiger partial charge is 0.410 e. The third-order valence-corrected chi connectivity index (χ3v) is 7.82. The Bertz CT molecular complexity index is 1270. The highest BCUT2D eigenvalue weighted by Gasteiger charge is 2.34. The van der Waals surface area contributed by atoms with E-state index < -0.39 is 41.6 Å². The van der Waals surface area contributed by atoms with Gasteiger partial charge in [0.25, 0.3) is 0 Å². The summed E-state index contributed by atoms with van der Waals surface area (Å²) >= 11 is 0. The summed E-state index contributed by atoms with van der Waals surface area (Å²) in [5.41, 5.74) is 0.748. The summed E-state index contributed by atoms with van der Waals surface area (Å²) in [5.74, 6) is 0.130. The molecule has 13 heteroatoms. The fraction of sp³-hybridized carbons (Fsp3) is 0.579. The zero-order valence-corrected chi connectivity index (χ0v) is 30.3. The molecule has 2 aliphatic heterocycles. The number of aliphatic hydroxyl groups excluding tert-OH is 1. The first-order valence-electron chi connectivity index (χ1n) is 17.1. The number of aliphatic hydroxyl groups is 1. The van der Waals surface area contributed by atoms with E-state index >= 15 is 0 Å². The monoisotopic (exact) mass is 714 g/mol. The van der Waals surface area contributed by atoms with Gasteiger partial charge in [-0.3, -0.25) is 0 Å². The van der Waals surface area contributed by atoms with E-state index in [0.717, 1.165) is 11.1 Å². The summed E-state index contributed by atoms with van der Waals surface area (Å²) in [4.78, 5) is 51.2. The number of nitrogens with zero attached hydrogens (tertiary/aromatic N) is 2. The standard InChI is InChI=1S/C19H28N2O4.C18H26N2O5.CH4/c1-14-12-21(18(23)25-19(2,3)4)11-10-16(14)20-17(22)24-13-15-8-6-5-7-9-15;1-18(2,3)25-17(23)20-10-9-14(15(21)11-20)19-16(22)24-12-13-7-5-4-6-8-13;/h5-9,14,16H,10-13H2,1-4H3,(H,20,22);4-8,14-15,21H,9-12H2,1-3H3,(H,19,22);1H4/t14-,16-;14-,15-;/m11./s1. The Morgan fingerprint density at radius 1 is 0.686 bits per heavy atom. The van der Waals surface area contributed by atoms with E-state index in [2.05, 4.69) is 10.6 Å². The molecule has 2 aliphatic rings. The SMILES string of the molecule is C.CC(C)(C)OC(=O)N1CC[C@@H](NC(=O)OCc2ccccc2)[C@H](O)C1.C[C@@H]1CN(C(=O)OC(C)(C)C)CC[C@H]1NC(=O)OCc1ccccc1. The maximum atomic E-state index is 12.1. The Kier molecular flexibility index (Phi) is 16.5. The number of β-amino-alcohol motifs (C(OH)–C–C–N with tert-alkyl or cyclic N) is 1. The van der Waals surface area contributed by atoms with E-state index in [1.165, 1.54) is 4.90 Å². The Morgan fingerprint density at radius 2 is 1.08 bits per heavy atom. The Labute approximate surface area is 302 Å². The number of likely N-dealkylation sites (tertiary alicyclic amines) is 2. The number of hydrogen-bond donors (Lipinski definition) is 3. The zero-order chi connectivity index (χ0) is 36.9. The summed E-state index contributed by atoms with van der Waals surface area (Å²) in [6.45, 7) is 15.0. The molecule has 0 saturated carbocycles. The molecule has 2 heterocycles. The summed E-state index contributed by atoms with van der Waals surface area (Å²) < 4.78 is 21.1. The molecular formula is C38H58N4O9. The lowest BCUT2D eigenvalue weighted by Crippen LogP contribution is -2.56. The second-order valence-corrected chi connectivity index (χ2v) is 14.6. The molecule has 3 N–H and O–H groups in total. The van der Waals surface area contributed by atoms with Crippen LogP contribution < -0.4 is 10.6 Å². The van der Waals surface area contributed by atoms with E-state index in [1.54, 1.807) is 25.7 Å². The van der Waals surface area contributed by atoms with Gasteiger partial charge in [0, 0.05) is 25.7 Å². The topological polar surface area (TPSA) is 156 Å². The van der Waals surface area contributed by atoms with E-state index in [4.69, 9.17) is 18.9 Å². The average molecular weight is 715 g/mol. The number of carbonyl (C=O) groups is 4. The Morgan fingerprint density at radius 3 is 1.47 bits per heavy atom. The van der Waals surface area contributed by atoms with Gasteiger partial charge in [0.15, 0.2) is 0 Å². The molecule has 2 aromatic carbocycles. The van der Waals surface area contributed by atoms with Gasteiger partial charge >= 0.3 is 24.4 Å². The number of amides is 4. The van der Waals surface area contributed by atoms with Crippen LogP contribution in [0.15, 0.2) is 60.7 Å². The van der Waals surface area contributed by atoms with Gasteiger partial charge in [0.05, 0.1) is 18.7 Å². The first kappa shape index (κ1) is 42.6. The molecule has 4 rings (SSSR count). The van der Waals surface area contributed by atoms with Crippen LogP contribution in [0.1, 0.15) is 79.9 Å². The van der Waals surface area contributed by atoms with Crippen molar-refractivity contribution in [3.63, 3.8) is 0 Å².